The fraction of sp³-hybridized carbons (Fsp3) is 0.278. The molecule has 0 radical (unpaired) electrons. The molecule has 2 aromatic heterocycles. The maximum atomic E-state index is 13.3. The van der Waals surface area contributed by atoms with E-state index in [-0.39, 0.29) is 13.2 Å². The monoisotopic (exact) mass is 612 g/mol. The van der Waals surface area contributed by atoms with Crippen molar-refractivity contribution in [2.24, 2.45) is 0 Å². The van der Waals surface area contributed by atoms with Crippen LogP contribution in [0.5, 0.6) is 0 Å². The Bertz CT molecular complexity index is 1590. The maximum Gasteiger partial charge on any atom is 0.328 e. The summed E-state index contributed by atoms with van der Waals surface area (Å²) in [5, 5.41) is 15.6. The summed E-state index contributed by atoms with van der Waals surface area (Å²) < 4.78 is 13.3. The first-order valence-corrected chi connectivity index (χ1v) is 14.4. The van der Waals surface area contributed by atoms with E-state index in [2.05, 4.69) is 76.9 Å². The number of benzene rings is 2. The summed E-state index contributed by atoms with van der Waals surface area (Å²) in [6.07, 6.45) is 4.90. The molecule has 3 heterocycles. The highest BCUT2D eigenvalue weighted by molar-refractivity contribution is 5.89. The molecule has 9 heteroatoms. The Kier molecular flexibility index (Phi) is 12.6. The molecule has 0 atom stereocenters. The third-order valence-corrected chi connectivity index (χ3v) is 7.66. The highest BCUT2D eigenvalue weighted by atomic mass is 19.1. The van der Waals surface area contributed by atoms with Gasteiger partial charge < -0.3 is 10.2 Å². The summed E-state index contributed by atoms with van der Waals surface area (Å²) in [5.41, 5.74) is 10.6. The Morgan fingerprint density at radius 2 is 1.13 bits per heavy atom. The molecule has 1 aliphatic rings. The molecule has 4 aromatic rings. The number of hydrogen-bond acceptors (Lipinski definition) is 6. The van der Waals surface area contributed by atoms with Crippen LogP contribution < -0.4 is 0 Å². The van der Waals surface area contributed by atoms with Crippen molar-refractivity contribution in [3.05, 3.63) is 119 Å². The number of aryl methyl sites for hydroxylation is 2. The van der Waals surface area contributed by atoms with Gasteiger partial charge in [0.25, 0.3) is 0 Å². The van der Waals surface area contributed by atoms with E-state index in [1.54, 1.807) is 12.1 Å². The van der Waals surface area contributed by atoms with Gasteiger partial charge in [0.2, 0.25) is 0 Å². The number of carboxylic acid groups (broad SMARTS) is 2. The number of aliphatic carboxylic acids is 2. The summed E-state index contributed by atoms with van der Waals surface area (Å²) in [7, 11) is 0. The van der Waals surface area contributed by atoms with Gasteiger partial charge in [0.15, 0.2) is 0 Å². The normalized spacial score (nSPS) is 13.5. The van der Waals surface area contributed by atoms with Crippen LogP contribution in [-0.2, 0) is 22.7 Å². The van der Waals surface area contributed by atoms with Crippen LogP contribution in [0.15, 0.2) is 85.2 Å². The Morgan fingerprint density at radius 1 is 0.711 bits per heavy atom. The predicted octanol–water partition coefficient (Wildman–Crippen LogP) is 6.54. The highest BCUT2D eigenvalue weighted by Gasteiger charge is 2.18. The molecule has 1 saturated heterocycles. The highest BCUT2D eigenvalue weighted by Crippen LogP contribution is 2.25. The van der Waals surface area contributed by atoms with Crippen molar-refractivity contribution >= 4 is 11.9 Å². The van der Waals surface area contributed by atoms with Crippen molar-refractivity contribution in [3.63, 3.8) is 0 Å². The second kappa shape index (κ2) is 16.4. The first kappa shape index (κ1) is 34.8. The second-order valence-electron chi connectivity index (χ2n) is 10.9. The van der Waals surface area contributed by atoms with E-state index in [9.17, 15) is 14.0 Å². The lowest BCUT2D eigenvalue weighted by molar-refractivity contribution is -0.134. The van der Waals surface area contributed by atoms with E-state index >= 15 is 0 Å². The van der Waals surface area contributed by atoms with Crippen molar-refractivity contribution < 1.29 is 24.2 Å². The lowest BCUT2D eigenvalue weighted by Crippen LogP contribution is -2.45. The van der Waals surface area contributed by atoms with E-state index in [4.69, 9.17) is 10.2 Å². The number of pyridine rings is 2. The van der Waals surface area contributed by atoms with Crippen LogP contribution in [0.3, 0.4) is 0 Å². The van der Waals surface area contributed by atoms with Gasteiger partial charge in [-0.2, -0.15) is 0 Å². The Labute approximate surface area is 264 Å². The summed E-state index contributed by atoms with van der Waals surface area (Å²) in [5.74, 6) is -2.74. The van der Waals surface area contributed by atoms with E-state index < -0.39 is 11.9 Å². The van der Waals surface area contributed by atoms with Gasteiger partial charge in [-0.3, -0.25) is 19.8 Å². The van der Waals surface area contributed by atoms with E-state index in [0.717, 1.165) is 56.2 Å². The molecule has 0 bridgehead atoms. The minimum absolute atomic E-state index is 0. The van der Waals surface area contributed by atoms with Crippen LogP contribution in [0.4, 0.5) is 4.39 Å². The summed E-state index contributed by atoms with van der Waals surface area (Å²) in [6.45, 7) is 12.5. The van der Waals surface area contributed by atoms with Crippen molar-refractivity contribution in [1.29, 1.82) is 0 Å². The van der Waals surface area contributed by atoms with Crippen molar-refractivity contribution in [1.82, 2.24) is 19.8 Å². The first-order valence-electron chi connectivity index (χ1n) is 14.4. The Morgan fingerprint density at radius 3 is 1.56 bits per heavy atom. The molecule has 2 aromatic carbocycles. The number of aromatic nitrogens is 2. The fourth-order valence-corrected chi connectivity index (χ4v) is 5.03. The Hall–Kier alpha value is -4.73. The minimum Gasteiger partial charge on any atom is -0.478 e. The van der Waals surface area contributed by atoms with Gasteiger partial charge in [-0.15, -0.1) is 0 Å². The summed E-state index contributed by atoms with van der Waals surface area (Å²) in [6, 6.07) is 19.6. The van der Waals surface area contributed by atoms with Crippen LogP contribution in [-0.4, -0.2) is 68.1 Å². The van der Waals surface area contributed by atoms with Crippen molar-refractivity contribution in [2.45, 2.75) is 41.3 Å². The molecule has 2 N–H and O–H groups in total. The third kappa shape index (κ3) is 10.4. The minimum atomic E-state index is -1.26. The number of nitrogens with zero attached hydrogens (tertiary/aromatic N) is 4. The molecule has 1 fully saturated rings. The summed E-state index contributed by atoms with van der Waals surface area (Å²) in [4.78, 5) is 33.3. The topological polar surface area (TPSA) is 107 Å². The van der Waals surface area contributed by atoms with Gasteiger partial charge in [-0.1, -0.05) is 7.43 Å². The summed E-state index contributed by atoms with van der Waals surface area (Å²) >= 11 is 0. The number of halogens is 1. The van der Waals surface area contributed by atoms with E-state index in [0.29, 0.717) is 12.2 Å². The smallest absolute Gasteiger partial charge is 0.328 e. The van der Waals surface area contributed by atoms with E-state index in [1.165, 1.54) is 45.5 Å². The Balaban J connectivity index is 0.000000544. The molecule has 45 heavy (non-hydrogen) atoms. The average molecular weight is 613 g/mol. The quantitative estimate of drug-likeness (QED) is 0.216. The molecule has 236 valence electrons. The largest absolute Gasteiger partial charge is 0.478 e. The van der Waals surface area contributed by atoms with Crippen LogP contribution >= 0.6 is 0 Å². The molecule has 0 saturated carbocycles. The average Bonchev–Trinajstić information content (AvgIpc) is 3.00. The number of hydrogen-bond donors (Lipinski definition) is 2. The van der Waals surface area contributed by atoms with Gasteiger partial charge in [-0.25, -0.2) is 14.0 Å². The second-order valence-corrected chi connectivity index (χ2v) is 10.9. The zero-order valence-electron chi connectivity index (χ0n) is 25.2. The van der Waals surface area contributed by atoms with Crippen molar-refractivity contribution in [2.75, 3.05) is 26.2 Å². The van der Waals surface area contributed by atoms with Gasteiger partial charge in [0, 0.05) is 74.9 Å². The van der Waals surface area contributed by atoms with Crippen molar-refractivity contribution in [3.8, 4) is 22.5 Å². The number of carbonyl (C=O) groups is 2. The zero-order valence-corrected chi connectivity index (χ0v) is 25.2. The standard InChI is InChI=1S/C31H33FN4.C4H4O4.CH4/c1-22-16-28(17-23(2)24(22)3)31-19-26(9-11-34-31)21-36-14-12-35(13-15-36)20-25-8-10-33-30(18-25)27-4-6-29(32)7-5-27;5-3(6)1-2-4(7)8;/h4-11,16-19H,12-15,20-21H2,1-3H3;1-2H,(H,5,6)(H,7,8);1H4/b;2-1-;. The van der Waals surface area contributed by atoms with Crippen LogP contribution in [0, 0.1) is 26.6 Å². The molecular formula is C36H41FN4O4. The van der Waals surface area contributed by atoms with E-state index in [1.807, 2.05) is 12.4 Å². The first-order chi connectivity index (χ1) is 21.1. The molecule has 5 rings (SSSR count). The van der Waals surface area contributed by atoms with Crippen LogP contribution in [0.25, 0.3) is 22.5 Å². The molecular weight excluding hydrogens is 571 g/mol. The SMILES string of the molecule is C.Cc1cc(-c2cc(CN3CCN(Cc4ccnc(-c5ccc(F)cc5)c4)CC3)ccn2)cc(C)c1C.O=C(O)/C=C\C(=O)O. The number of rotatable bonds is 8. The number of piperazine rings is 1. The fourth-order valence-electron chi connectivity index (χ4n) is 5.03. The zero-order chi connectivity index (χ0) is 31.6. The van der Waals surface area contributed by atoms with Gasteiger partial charge in [0.05, 0.1) is 11.4 Å². The van der Waals surface area contributed by atoms with Crippen LogP contribution in [0.1, 0.15) is 35.2 Å². The molecule has 0 amide bonds. The molecule has 0 aliphatic carbocycles. The lowest BCUT2D eigenvalue weighted by Gasteiger charge is -2.34. The third-order valence-electron chi connectivity index (χ3n) is 7.66. The van der Waals surface area contributed by atoms with Gasteiger partial charge in [-0.05, 0) is 109 Å². The van der Waals surface area contributed by atoms with Crippen LogP contribution in [0.2, 0.25) is 0 Å². The molecule has 8 nitrogen and oxygen atoms in total. The molecule has 1 aliphatic heterocycles. The molecule has 0 unspecified atom stereocenters. The number of carboxylic acids is 2. The predicted molar refractivity (Wildman–Crippen MR) is 175 cm³/mol. The molecule has 0 spiro atoms. The van der Waals surface area contributed by atoms with Gasteiger partial charge >= 0.3 is 11.9 Å². The lowest BCUT2D eigenvalue weighted by atomic mass is 9.98. The van der Waals surface area contributed by atoms with Gasteiger partial charge in [0.1, 0.15) is 5.82 Å². The maximum absolute atomic E-state index is 13.3.